The molecule has 33 heavy (non-hydrogen) atoms. The fourth-order valence-corrected chi connectivity index (χ4v) is 4.99. The van der Waals surface area contributed by atoms with E-state index in [4.69, 9.17) is 14.2 Å². The fraction of sp³-hybridized carbons (Fsp3) is 0.400. The van der Waals surface area contributed by atoms with Crippen LogP contribution in [0.3, 0.4) is 0 Å². The van der Waals surface area contributed by atoms with E-state index in [1.807, 2.05) is 48.5 Å². The van der Waals surface area contributed by atoms with E-state index in [9.17, 15) is 9.59 Å². The van der Waals surface area contributed by atoms with E-state index in [1.165, 1.54) is 23.3 Å². The number of carbonyl (C=O) groups is 2. The summed E-state index contributed by atoms with van der Waals surface area (Å²) in [6.07, 6.45) is 2.85. The summed E-state index contributed by atoms with van der Waals surface area (Å²) in [5.41, 5.74) is 1.79. The number of thiazole rings is 1. The van der Waals surface area contributed by atoms with Crippen LogP contribution in [0.4, 0.5) is 4.79 Å². The third-order valence-electron chi connectivity index (χ3n) is 5.77. The lowest BCUT2D eigenvalue weighted by Crippen LogP contribution is -2.30. The molecule has 0 spiro atoms. The summed E-state index contributed by atoms with van der Waals surface area (Å²) in [7, 11) is 3.14. The maximum atomic E-state index is 12.4. The summed E-state index contributed by atoms with van der Waals surface area (Å²) >= 11 is 1.48. The standard InChI is InChI=1S/C25H28N2O5S/c1-27(15-17-8-4-3-5-9-17)25(29)31-16-22-26-23-20(12-7-13-21(23)33-22)32-19-11-6-10-18(14-19)24(28)30-2/h3-5,7-9,12-13,18-19H,6,10-11,14-16H2,1-2H3/t18-,19?/m0/s1. The van der Waals surface area contributed by atoms with Gasteiger partial charge in [0.05, 0.1) is 23.8 Å². The molecule has 2 aromatic carbocycles. The van der Waals surface area contributed by atoms with Gasteiger partial charge in [0, 0.05) is 13.6 Å². The Morgan fingerprint density at radius 2 is 1.94 bits per heavy atom. The molecule has 8 heteroatoms. The molecular formula is C25H28N2O5S. The fourth-order valence-electron chi connectivity index (χ4n) is 4.09. The van der Waals surface area contributed by atoms with Gasteiger partial charge in [-0.25, -0.2) is 9.78 Å². The van der Waals surface area contributed by atoms with E-state index >= 15 is 0 Å². The Hall–Kier alpha value is -3.13. The van der Waals surface area contributed by atoms with Gasteiger partial charge in [0.15, 0.2) is 0 Å². The van der Waals surface area contributed by atoms with Gasteiger partial charge in [0.1, 0.15) is 22.9 Å². The predicted molar refractivity (Wildman–Crippen MR) is 126 cm³/mol. The number of fused-ring (bicyclic) bond motifs is 1. The number of para-hydroxylation sites is 1. The molecule has 4 rings (SSSR count). The lowest BCUT2D eigenvalue weighted by Gasteiger charge is -2.28. The number of rotatable bonds is 7. The number of carbonyl (C=O) groups excluding carboxylic acids is 2. The van der Waals surface area contributed by atoms with Crippen molar-refractivity contribution >= 4 is 33.6 Å². The van der Waals surface area contributed by atoms with Gasteiger partial charge in [0.25, 0.3) is 0 Å². The molecule has 1 aliphatic rings. The minimum absolute atomic E-state index is 0.0527. The second-order valence-corrected chi connectivity index (χ2v) is 9.35. The largest absolute Gasteiger partial charge is 0.488 e. The molecule has 0 bridgehead atoms. The summed E-state index contributed by atoms with van der Waals surface area (Å²) in [6.45, 7) is 0.579. The van der Waals surface area contributed by atoms with Crippen LogP contribution in [-0.4, -0.2) is 42.2 Å². The van der Waals surface area contributed by atoms with Crippen LogP contribution in [0.1, 0.15) is 36.3 Å². The molecule has 1 amide bonds. The van der Waals surface area contributed by atoms with Crippen LogP contribution in [0, 0.1) is 5.92 Å². The first-order chi connectivity index (χ1) is 16.0. The second-order valence-electron chi connectivity index (χ2n) is 8.23. The minimum atomic E-state index is -0.398. The number of benzene rings is 2. The molecule has 0 radical (unpaired) electrons. The third kappa shape index (κ3) is 5.82. The van der Waals surface area contributed by atoms with Crippen molar-refractivity contribution in [2.45, 2.75) is 44.9 Å². The van der Waals surface area contributed by atoms with Gasteiger partial charge >= 0.3 is 12.1 Å². The highest BCUT2D eigenvalue weighted by atomic mass is 32.1. The quantitative estimate of drug-likeness (QED) is 0.445. The first-order valence-electron chi connectivity index (χ1n) is 11.1. The Kier molecular flexibility index (Phi) is 7.44. The van der Waals surface area contributed by atoms with Crippen molar-refractivity contribution in [3.05, 3.63) is 59.1 Å². The van der Waals surface area contributed by atoms with Crippen LogP contribution < -0.4 is 4.74 Å². The average Bonchev–Trinajstić information content (AvgIpc) is 3.27. The highest BCUT2D eigenvalue weighted by Crippen LogP contribution is 2.34. The average molecular weight is 469 g/mol. The Morgan fingerprint density at radius 1 is 1.12 bits per heavy atom. The Bertz CT molecular complexity index is 1100. The topological polar surface area (TPSA) is 78.0 Å². The number of methoxy groups -OCH3 is 1. The monoisotopic (exact) mass is 468 g/mol. The van der Waals surface area contributed by atoms with Crippen molar-refractivity contribution in [3.63, 3.8) is 0 Å². The maximum Gasteiger partial charge on any atom is 0.410 e. The molecule has 0 N–H and O–H groups in total. The lowest BCUT2D eigenvalue weighted by molar-refractivity contribution is -0.147. The van der Waals surface area contributed by atoms with E-state index < -0.39 is 6.09 Å². The van der Waals surface area contributed by atoms with Gasteiger partial charge in [-0.2, -0.15) is 0 Å². The lowest BCUT2D eigenvalue weighted by atomic mass is 9.87. The molecule has 1 saturated carbocycles. The number of hydrogen-bond donors (Lipinski definition) is 0. The molecule has 0 saturated heterocycles. The number of nitrogens with zero attached hydrogens (tertiary/aromatic N) is 2. The first kappa shape index (κ1) is 23.0. The summed E-state index contributed by atoms with van der Waals surface area (Å²) in [6, 6.07) is 15.6. The van der Waals surface area contributed by atoms with Crippen molar-refractivity contribution in [2.75, 3.05) is 14.2 Å². The molecule has 3 aromatic rings. The highest BCUT2D eigenvalue weighted by molar-refractivity contribution is 7.18. The Labute approximate surface area is 197 Å². The summed E-state index contributed by atoms with van der Waals surface area (Å²) in [5, 5.41) is 0.707. The SMILES string of the molecule is COC(=O)[C@H]1CCCC(Oc2cccc3sc(COC(=O)N(C)Cc4ccccc4)nc23)C1. The van der Waals surface area contributed by atoms with Crippen molar-refractivity contribution in [1.82, 2.24) is 9.88 Å². The molecule has 1 heterocycles. The molecule has 174 valence electrons. The minimum Gasteiger partial charge on any atom is -0.488 e. The van der Waals surface area contributed by atoms with Gasteiger partial charge in [0.2, 0.25) is 0 Å². The number of ether oxygens (including phenoxy) is 3. The van der Waals surface area contributed by atoms with Crippen molar-refractivity contribution < 1.29 is 23.8 Å². The van der Waals surface area contributed by atoms with Gasteiger partial charge in [-0.15, -0.1) is 11.3 Å². The molecule has 1 aliphatic carbocycles. The number of amides is 1. The normalized spacial score (nSPS) is 18.0. The number of esters is 1. The number of aromatic nitrogens is 1. The molecule has 1 fully saturated rings. The zero-order valence-electron chi connectivity index (χ0n) is 18.9. The molecule has 7 nitrogen and oxygen atoms in total. The molecule has 1 unspecified atom stereocenters. The number of hydrogen-bond acceptors (Lipinski definition) is 7. The summed E-state index contributed by atoms with van der Waals surface area (Å²) < 4.78 is 17.6. The predicted octanol–water partition coefficient (Wildman–Crippen LogP) is 5.18. The van der Waals surface area contributed by atoms with Crippen molar-refractivity contribution in [3.8, 4) is 5.75 Å². The van der Waals surface area contributed by atoms with Crippen LogP contribution in [-0.2, 0) is 27.4 Å². The van der Waals surface area contributed by atoms with E-state index in [2.05, 4.69) is 4.98 Å². The van der Waals surface area contributed by atoms with Crippen LogP contribution in [0.25, 0.3) is 10.2 Å². The second kappa shape index (κ2) is 10.7. The third-order valence-corrected chi connectivity index (χ3v) is 6.77. The van der Waals surface area contributed by atoms with Gasteiger partial charge in [-0.1, -0.05) is 36.4 Å². The molecular weight excluding hydrogens is 440 g/mol. The van der Waals surface area contributed by atoms with E-state index in [0.717, 1.165) is 35.0 Å². The van der Waals surface area contributed by atoms with E-state index in [1.54, 1.807) is 7.05 Å². The zero-order valence-corrected chi connectivity index (χ0v) is 19.7. The first-order valence-corrected chi connectivity index (χ1v) is 11.9. The molecule has 2 atom stereocenters. The Morgan fingerprint density at radius 3 is 2.73 bits per heavy atom. The van der Waals surface area contributed by atoms with Gasteiger partial charge in [-0.05, 0) is 43.4 Å². The van der Waals surface area contributed by atoms with Crippen LogP contribution in [0.2, 0.25) is 0 Å². The van der Waals surface area contributed by atoms with E-state index in [0.29, 0.717) is 23.7 Å². The highest BCUT2D eigenvalue weighted by Gasteiger charge is 2.29. The molecule has 0 aliphatic heterocycles. The Balaban J connectivity index is 1.38. The maximum absolute atomic E-state index is 12.4. The molecule has 1 aromatic heterocycles. The van der Waals surface area contributed by atoms with Gasteiger partial charge in [-0.3, -0.25) is 4.79 Å². The van der Waals surface area contributed by atoms with Crippen molar-refractivity contribution in [1.29, 1.82) is 0 Å². The van der Waals surface area contributed by atoms with E-state index in [-0.39, 0.29) is 24.6 Å². The van der Waals surface area contributed by atoms with Crippen LogP contribution in [0.15, 0.2) is 48.5 Å². The smallest absolute Gasteiger partial charge is 0.410 e. The summed E-state index contributed by atoms with van der Waals surface area (Å²) in [5.74, 6) is 0.403. The van der Waals surface area contributed by atoms with Crippen LogP contribution in [0.5, 0.6) is 5.75 Å². The van der Waals surface area contributed by atoms with Crippen molar-refractivity contribution in [2.24, 2.45) is 5.92 Å². The van der Waals surface area contributed by atoms with Crippen LogP contribution >= 0.6 is 11.3 Å². The zero-order chi connectivity index (χ0) is 23.2. The summed E-state index contributed by atoms with van der Waals surface area (Å²) in [4.78, 5) is 30.5. The van der Waals surface area contributed by atoms with Gasteiger partial charge < -0.3 is 19.1 Å².